The minimum absolute atomic E-state index is 0.355. The summed E-state index contributed by atoms with van der Waals surface area (Å²) in [5, 5.41) is 6.34. The second-order valence-corrected chi connectivity index (χ2v) is 11.9. The highest BCUT2D eigenvalue weighted by atomic mass is 16.3. The van der Waals surface area contributed by atoms with Crippen LogP contribution in [0.3, 0.4) is 0 Å². The van der Waals surface area contributed by atoms with Crippen molar-refractivity contribution < 1.29 is 8.83 Å². The predicted molar refractivity (Wildman–Crippen MR) is 198 cm³/mol. The van der Waals surface area contributed by atoms with E-state index in [4.69, 9.17) is 24.6 Å². The number of nitrogens with two attached hydrogens (primary N) is 1. The number of aliphatic imine (C=N–C) groups is 2. The van der Waals surface area contributed by atoms with E-state index in [1.165, 1.54) is 10.8 Å². The van der Waals surface area contributed by atoms with Crippen LogP contribution in [0.5, 0.6) is 0 Å². The Morgan fingerprint density at radius 2 is 1.17 bits per heavy atom. The highest BCUT2D eigenvalue weighted by Gasteiger charge is 2.22. The molecule has 0 unspecified atom stereocenters. The normalized spacial score (nSPS) is 12.6. The van der Waals surface area contributed by atoms with Gasteiger partial charge in [-0.2, -0.15) is 0 Å². The summed E-state index contributed by atoms with van der Waals surface area (Å²) in [4.78, 5) is 10.2. The van der Waals surface area contributed by atoms with E-state index in [0.29, 0.717) is 18.2 Å². The molecule has 0 aliphatic rings. The van der Waals surface area contributed by atoms with Gasteiger partial charge in [-0.3, -0.25) is 4.99 Å². The Balaban J connectivity index is 1.28. The Kier molecular flexibility index (Phi) is 6.61. The summed E-state index contributed by atoms with van der Waals surface area (Å²) in [7, 11) is 0. The van der Waals surface area contributed by atoms with Crippen molar-refractivity contribution >= 4 is 66.3 Å². The third-order valence-electron chi connectivity index (χ3n) is 8.98. The van der Waals surface area contributed by atoms with Crippen LogP contribution in [0.15, 0.2) is 170 Å². The lowest BCUT2D eigenvalue weighted by molar-refractivity contribution is 0.669. The molecule has 48 heavy (non-hydrogen) atoms. The average Bonchev–Trinajstić information content (AvgIpc) is 3.72. The van der Waals surface area contributed by atoms with E-state index in [9.17, 15) is 0 Å². The lowest BCUT2D eigenvalue weighted by Crippen LogP contribution is -2.18. The number of benzene rings is 7. The molecule has 5 heteroatoms. The number of fused-ring (bicyclic) bond motifs is 7. The Labute approximate surface area is 276 Å². The molecule has 7 aromatic carbocycles. The first kappa shape index (κ1) is 27.8. The second-order valence-electron chi connectivity index (χ2n) is 11.9. The van der Waals surface area contributed by atoms with E-state index in [-0.39, 0.29) is 0 Å². The van der Waals surface area contributed by atoms with Gasteiger partial charge in [0.1, 0.15) is 28.2 Å². The van der Waals surface area contributed by atoms with Gasteiger partial charge >= 0.3 is 0 Å². The van der Waals surface area contributed by atoms with Gasteiger partial charge in [-0.1, -0.05) is 115 Å². The monoisotopic (exact) mass is 619 g/mol. The highest BCUT2D eigenvalue weighted by molar-refractivity contribution is 6.25. The molecule has 0 saturated carbocycles. The smallest absolute Gasteiger partial charge is 0.157 e. The maximum absolute atomic E-state index is 7.17. The molecule has 0 radical (unpaired) electrons. The third-order valence-corrected chi connectivity index (χ3v) is 8.98. The van der Waals surface area contributed by atoms with Crippen molar-refractivity contribution in [1.29, 1.82) is 0 Å². The first-order valence-corrected chi connectivity index (χ1v) is 16.0. The maximum Gasteiger partial charge on any atom is 0.157 e. The molecule has 0 aliphatic heterocycles. The van der Waals surface area contributed by atoms with Crippen LogP contribution in [0.25, 0.3) is 65.8 Å². The summed E-state index contributed by atoms with van der Waals surface area (Å²) in [6.45, 7) is 0.456. The minimum Gasteiger partial charge on any atom is -0.456 e. The minimum atomic E-state index is 0.355. The summed E-state index contributed by atoms with van der Waals surface area (Å²) in [5.74, 6) is 0.914. The SMILES string of the molecule is NC(=NC(=NCc1ccc2ccccc2c1)c1ccccc1)c1c(-c2cccc3oc4ccccc4c23)ccc2oc3ccccc3c12. The van der Waals surface area contributed by atoms with Gasteiger partial charge in [-0.05, 0) is 63.9 Å². The zero-order valence-corrected chi connectivity index (χ0v) is 25.9. The number of hydrogen-bond donors (Lipinski definition) is 1. The van der Waals surface area contributed by atoms with Gasteiger partial charge in [0.2, 0.25) is 0 Å². The van der Waals surface area contributed by atoms with Gasteiger partial charge in [-0.25, -0.2) is 4.99 Å². The van der Waals surface area contributed by atoms with Crippen molar-refractivity contribution in [2.45, 2.75) is 6.54 Å². The fourth-order valence-electron chi connectivity index (χ4n) is 6.76. The summed E-state index contributed by atoms with van der Waals surface area (Å²) < 4.78 is 12.6. The molecule has 9 rings (SSSR count). The van der Waals surface area contributed by atoms with Crippen molar-refractivity contribution in [3.63, 3.8) is 0 Å². The molecule has 0 bridgehead atoms. The molecule has 0 aliphatic carbocycles. The quantitative estimate of drug-likeness (QED) is 0.154. The van der Waals surface area contributed by atoms with Gasteiger partial charge in [0.25, 0.3) is 0 Å². The summed E-state index contributed by atoms with van der Waals surface area (Å²) in [6, 6.07) is 51.2. The van der Waals surface area contributed by atoms with Gasteiger partial charge in [0.15, 0.2) is 5.84 Å². The van der Waals surface area contributed by atoms with E-state index in [0.717, 1.165) is 71.7 Å². The summed E-state index contributed by atoms with van der Waals surface area (Å²) >= 11 is 0. The van der Waals surface area contributed by atoms with Crippen LogP contribution in [-0.4, -0.2) is 11.7 Å². The van der Waals surface area contributed by atoms with Gasteiger partial charge < -0.3 is 14.6 Å². The van der Waals surface area contributed by atoms with Crippen molar-refractivity contribution in [3.8, 4) is 11.1 Å². The predicted octanol–water partition coefficient (Wildman–Crippen LogP) is 10.7. The Morgan fingerprint density at radius 3 is 1.96 bits per heavy atom. The zero-order valence-electron chi connectivity index (χ0n) is 25.9. The number of hydrogen-bond acceptors (Lipinski definition) is 3. The summed E-state index contributed by atoms with van der Waals surface area (Å²) in [5.41, 5.74) is 15.1. The van der Waals surface area contributed by atoms with Gasteiger partial charge in [0, 0.05) is 32.7 Å². The van der Waals surface area contributed by atoms with Gasteiger partial charge in [0.05, 0.1) is 6.54 Å². The molecule has 0 amide bonds. The molecule has 2 N–H and O–H groups in total. The molecular weight excluding hydrogens is 590 g/mol. The van der Waals surface area contributed by atoms with Crippen molar-refractivity contribution in [3.05, 3.63) is 168 Å². The highest BCUT2D eigenvalue weighted by Crippen LogP contribution is 2.41. The van der Waals surface area contributed by atoms with E-state index in [1.807, 2.05) is 84.9 Å². The number of furan rings is 2. The lowest BCUT2D eigenvalue weighted by Gasteiger charge is -2.13. The van der Waals surface area contributed by atoms with Gasteiger partial charge in [-0.15, -0.1) is 0 Å². The lowest BCUT2D eigenvalue weighted by atomic mass is 9.92. The van der Waals surface area contributed by atoms with E-state index in [1.54, 1.807) is 0 Å². The molecule has 0 spiro atoms. The maximum atomic E-state index is 7.17. The molecule has 228 valence electrons. The Bertz CT molecular complexity index is 2720. The van der Waals surface area contributed by atoms with Crippen LogP contribution in [0.2, 0.25) is 0 Å². The zero-order chi connectivity index (χ0) is 32.0. The Morgan fingerprint density at radius 1 is 0.521 bits per heavy atom. The fourth-order valence-corrected chi connectivity index (χ4v) is 6.76. The third kappa shape index (κ3) is 4.72. The van der Waals surface area contributed by atoms with Crippen molar-refractivity contribution in [2.75, 3.05) is 0 Å². The van der Waals surface area contributed by atoms with Crippen LogP contribution >= 0.6 is 0 Å². The van der Waals surface area contributed by atoms with Crippen LogP contribution in [-0.2, 0) is 6.54 Å². The molecule has 2 aromatic heterocycles. The Hall–Kier alpha value is -6.46. The number of amidine groups is 2. The molecule has 9 aromatic rings. The van der Waals surface area contributed by atoms with Crippen LogP contribution in [0, 0.1) is 0 Å². The average molecular weight is 620 g/mol. The summed E-state index contributed by atoms with van der Waals surface area (Å²) in [6.07, 6.45) is 0. The van der Waals surface area contributed by atoms with E-state index < -0.39 is 0 Å². The number of para-hydroxylation sites is 2. The molecule has 0 fully saturated rings. The standard InChI is InChI=1S/C43H29N3O2/c44-42(46-43(29-12-2-1-3-13-29)45-26-27-21-22-28-11-4-5-14-30(28)25-27)41-32(23-24-38-40(41)34-16-7-9-19-36(34)48-38)31-17-10-20-37-39(31)33-15-6-8-18-35(33)47-37/h1-25H,26H2,(H2,44,45,46). The first-order chi connectivity index (χ1) is 23.7. The number of nitrogens with zero attached hydrogens (tertiary/aromatic N) is 2. The van der Waals surface area contributed by atoms with Crippen LogP contribution in [0.4, 0.5) is 0 Å². The van der Waals surface area contributed by atoms with Crippen molar-refractivity contribution in [1.82, 2.24) is 0 Å². The molecule has 0 atom stereocenters. The van der Waals surface area contributed by atoms with E-state index in [2.05, 4.69) is 66.7 Å². The van der Waals surface area contributed by atoms with Crippen LogP contribution < -0.4 is 5.73 Å². The first-order valence-electron chi connectivity index (χ1n) is 16.0. The van der Waals surface area contributed by atoms with Crippen LogP contribution in [0.1, 0.15) is 16.7 Å². The molecule has 0 saturated heterocycles. The number of rotatable bonds is 5. The molecular formula is C43H29N3O2. The van der Waals surface area contributed by atoms with E-state index >= 15 is 0 Å². The van der Waals surface area contributed by atoms with Crippen molar-refractivity contribution in [2.24, 2.45) is 15.7 Å². The second kappa shape index (κ2) is 11.4. The molecule has 5 nitrogen and oxygen atoms in total. The molecule has 2 heterocycles. The largest absolute Gasteiger partial charge is 0.456 e. The fraction of sp³-hybridized carbons (Fsp3) is 0.0233. The topological polar surface area (TPSA) is 77.0 Å².